The van der Waals surface area contributed by atoms with E-state index in [1.807, 2.05) is 26.8 Å². The quantitative estimate of drug-likeness (QED) is 0.189. The highest BCUT2D eigenvalue weighted by Crippen LogP contribution is 2.40. The summed E-state index contributed by atoms with van der Waals surface area (Å²) in [7, 11) is 1.46. The highest BCUT2D eigenvalue weighted by Gasteiger charge is 2.31. The van der Waals surface area contributed by atoms with Crippen LogP contribution >= 0.6 is 11.3 Å². The monoisotopic (exact) mass is 493 g/mol. The van der Waals surface area contributed by atoms with Crippen molar-refractivity contribution in [3.63, 3.8) is 0 Å². The minimum absolute atomic E-state index is 0.156. The number of hydrogen-bond donors (Lipinski definition) is 0. The summed E-state index contributed by atoms with van der Waals surface area (Å²) in [6, 6.07) is 9.25. The van der Waals surface area contributed by atoms with Crippen molar-refractivity contribution in [1.82, 2.24) is 0 Å². The van der Waals surface area contributed by atoms with E-state index in [-0.39, 0.29) is 5.92 Å². The summed E-state index contributed by atoms with van der Waals surface area (Å²) >= 11 is 1.39. The van der Waals surface area contributed by atoms with Crippen molar-refractivity contribution in [3.05, 3.63) is 63.5 Å². The lowest BCUT2D eigenvalue weighted by Gasteiger charge is -2.12. The molecule has 182 valence electrons. The zero-order valence-corrected chi connectivity index (χ0v) is 20.4. The van der Waals surface area contributed by atoms with E-state index in [1.165, 1.54) is 31.4 Å². The normalized spacial score (nSPS) is 12.3. The maximum absolute atomic E-state index is 13.2. The van der Waals surface area contributed by atoms with Gasteiger partial charge in [-0.05, 0) is 78.1 Å². The summed E-state index contributed by atoms with van der Waals surface area (Å²) in [4.78, 5) is 26.7. The standard InChI is InChI=1S/C25H26F3NO4S/c1-14(2)24-19-8-7-18(25(26,27)28)13-23(19)34-22(24)11-9-20(29-31-5)17-6-10-21(15(3)12-17)33-32-16(4)30/h6-8,10,12-14H,9,11H2,1-5H3. The number of nitrogens with zero attached hydrogens (tertiary/aromatic N) is 1. The maximum Gasteiger partial charge on any atom is 0.416 e. The Morgan fingerprint density at radius 3 is 2.47 bits per heavy atom. The Labute approximate surface area is 200 Å². The SMILES string of the molecule is CON=C(CCc1sc2cc(C(F)(F)F)ccc2c1C(C)C)c1ccc(OOC(C)=O)c(C)c1. The van der Waals surface area contributed by atoms with Gasteiger partial charge in [0.25, 0.3) is 0 Å². The summed E-state index contributed by atoms with van der Waals surface area (Å²) in [6.45, 7) is 7.14. The van der Waals surface area contributed by atoms with Crippen LogP contribution in [0.3, 0.4) is 0 Å². The van der Waals surface area contributed by atoms with Gasteiger partial charge in [-0.2, -0.15) is 13.2 Å². The topological polar surface area (TPSA) is 57.1 Å². The molecule has 0 bridgehead atoms. The van der Waals surface area contributed by atoms with Crippen LogP contribution in [0.1, 0.15) is 60.2 Å². The van der Waals surface area contributed by atoms with E-state index in [4.69, 9.17) is 9.73 Å². The van der Waals surface area contributed by atoms with Gasteiger partial charge in [-0.1, -0.05) is 25.1 Å². The van der Waals surface area contributed by atoms with E-state index in [0.29, 0.717) is 29.0 Å². The Kier molecular flexibility index (Phi) is 7.86. The van der Waals surface area contributed by atoms with Crippen molar-refractivity contribution in [2.45, 2.75) is 52.6 Å². The molecule has 5 nitrogen and oxygen atoms in total. The number of oxime groups is 1. The molecule has 0 aliphatic carbocycles. The van der Waals surface area contributed by atoms with Crippen LogP contribution in [0.15, 0.2) is 41.6 Å². The van der Waals surface area contributed by atoms with E-state index < -0.39 is 17.7 Å². The van der Waals surface area contributed by atoms with Crippen LogP contribution in [0.2, 0.25) is 0 Å². The molecule has 2 aromatic carbocycles. The fraction of sp³-hybridized carbons (Fsp3) is 0.360. The summed E-state index contributed by atoms with van der Waals surface area (Å²) in [6.07, 6.45) is -3.25. The van der Waals surface area contributed by atoms with Crippen molar-refractivity contribution in [2.24, 2.45) is 5.16 Å². The molecule has 1 heterocycles. The maximum atomic E-state index is 13.2. The van der Waals surface area contributed by atoms with Gasteiger partial charge in [0, 0.05) is 16.5 Å². The molecule has 0 aliphatic rings. The first-order valence-corrected chi connectivity index (χ1v) is 11.5. The van der Waals surface area contributed by atoms with Gasteiger partial charge in [-0.3, -0.25) is 9.78 Å². The van der Waals surface area contributed by atoms with Gasteiger partial charge in [0.1, 0.15) is 7.11 Å². The fourth-order valence-electron chi connectivity index (χ4n) is 3.77. The predicted molar refractivity (Wildman–Crippen MR) is 126 cm³/mol. The predicted octanol–water partition coefficient (Wildman–Crippen LogP) is 7.19. The number of alkyl halides is 3. The molecule has 0 saturated heterocycles. The minimum atomic E-state index is -4.38. The molecule has 0 radical (unpaired) electrons. The van der Waals surface area contributed by atoms with Crippen molar-refractivity contribution in [3.8, 4) is 5.75 Å². The number of aryl methyl sites for hydroxylation is 2. The number of rotatable bonds is 8. The van der Waals surface area contributed by atoms with Crippen LogP contribution in [-0.4, -0.2) is 18.8 Å². The second-order valence-corrected chi connectivity index (χ2v) is 9.30. The Morgan fingerprint density at radius 2 is 1.88 bits per heavy atom. The van der Waals surface area contributed by atoms with Crippen LogP contribution in [0, 0.1) is 6.92 Å². The number of halogens is 3. The molecular weight excluding hydrogens is 467 g/mol. The van der Waals surface area contributed by atoms with Gasteiger partial charge in [0.05, 0.1) is 11.3 Å². The van der Waals surface area contributed by atoms with Crippen molar-refractivity contribution in [1.29, 1.82) is 0 Å². The average molecular weight is 494 g/mol. The van der Waals surface area contributed by atoms with E-state index >= 15 is 0 Å². The molecule has 34 heavy (non-hydrogen) atoms. The fourth-order valence-corrected chi connectivity index (χ4v) is 5.17. The van der Waals surface area contributed by atoms with Crippen LogP contribution in [-0.2, 0) is 27.1 Å². The summed E-state index contributed by atoms with van der Waals surface area (Å²) in [5, 5.41) is 5.03. The zero-order valence-electron chi connectivity index (χ0n) is 19.6. The van der Waals surface area contributed by atoms with E-state index in [9.17, 15) is 18.0 Å². The molecule has 0 unspecified atom stereocenters. The molecule has 3 aromatic rings. The van der Waals surface area contributed by atoms with Crippen LogP contribution < -0.4 is 4.89 Å². The Morgan fingerprint density at radius 1 is 1.15 bits per heavy atom. The molecule has 0 spiro atoms. The molecular formula is C25H26F3NO4S. The molecule has 0 saturated carbocycles. The molecule has 1 aromatic heterocycles. The van der Waals surface area contributed by atoms with Gasteiger partial charge in [0.2, 0.25) is 0 Å². The summed E-state index contributed by atoms with van der Waals surface area (Å²) < 4.78 is 40.2. The number of benzene rings is 2. The van der Waals surface area contributed by atoms with Gasteiger partial charge in [-0.25, -0.2) is 4.79 Å². The average Bonchev–Trinajstić information content (AvgIpc) is 3.13. The van der Waals surface area contributed by atoms with E-state index in [2.05, 4.69) is 10.0 Å². The van der Waals surface area contributed by atoms with Gasteiger partial charge < -0.3 is 4.84 Å². The molecule has 9 heteroatoms. The Hall–Kier alpha value is -3.07. The molecule has 0 fully saturated rings. The van der Waals surface area contributed by atoms with Crippen molar-refractivity contribution >= 4 is 33.1 Å². The second-order valence-electron chi connectivity index (χ2n) is 8.16. The number of thiophene rings is 1. The molecule has 0 atom stereocenters. The molecule has 0 N–H and O–H groups in total. The second kappa shape index (κ2) is 10.5. The van der Waals surface area contributed by atoms with Crippen molar-refractivity contribution < 1.29 is 32.6 Å². The largest absolute Gasteiger partial charge is 0.416 e. The van der Waals surface area contributed by atoms with Crippen molar-refractivity contribution in [2.75, 3.05) is 7.11 Å². The first-order valence-electron chi connectivity index (χ1n) is 10.7. The number of carbonyl (C=O) groups is 1. The number of fused-ring (bicyclic) bond motifs is 1. The van der Waals surface area contributed by atoms with Gasteiger partial charge in [0.15, 0.2) is 5.75 Å². The molecule has 3 rings (SSSR count). The molecule has 0 amide bonds. The van der Waals surface area contributed by atoms with E-state index in [0.717, 1.165) is 33.0 Å². The number of hydrogen-bond acceptors (Lipinski definition) is 6. The van der Waals surface area contributed by atoms with Crippen LogP contribution in [0.5, 0.6) is 5.75 Å². The third kappa shape index (κ3) is 5.88. The summed E-state index contributed by atoms with van der Waals surface area (Å²) in [5.74, 6) is 0.00259. The highest BCUT2D eigenvalue weighted by molar-refractivity contribution is 7.19. The van der Waals surface area contributed by atoms with Crippen LogP contribution in [0.25, 0.3) is 10.1 Å². The summed E-state index contributed by atoms with van der Waals surface area (Å²) in [5.41, 5.74) is 2.66. The van der Waals surface area contributed by atoms with Gasteiger partial charge in [-0.15, -0.1) is 11.3 Å². The first kappa shape index (κ1) is 25.6. The lowest BCUT2D eigenvalue weighted by Crippen LogP contribution is -2.07. The first-order chi connectivity index (χ1) is 16.0. The smallest absolute Gasteiger partial charge is 0.399 e. The zero-order chi connectivity index (χ0) is 25.0. The Balaban J connectivity index is 1.88. The lowest BCUT2D eigenvalue weighted by atomic mass is 9.95. The molecule has 0 aliphatic heterocycles. The third-order valence-electron chi connectivity index (χ3n) is 5.26. The highest BCUT2D eigenvalue weighted by atomic mass is 32.1. The number of carbonyl (C=O) groups excluding carboxylic acids is 1. The third-order valence-corrected chi connectivity index (χ3v) is 6.49. The minimum Gasteiger partial charge on any atom is -0.399 e. The lowest BCUT2D eigenvalue weighted by molar-refractivity contribution is -0.211. The van der Waals surface area contributed by atoms with Crippen LogP contribution in [0.4, 0.5) is 13.2 Å². The van der Waals surface area contributed by atoms with Gasteiger partial charge >= 0.3 is 12.1 Å². The van der Waals surface area contributed by atoms with E-state index in [1.54, 1.807) is 18.2 Å². The Bertz CT molecular complexity index is 1210.